The Labute approximate surface area is 123 Å². The molecule has 8 heteroatoms. The van der Waals surface area contributed by atoms with E-state index in [0.29, 0.717) is 5.69 Å². The SMILES string of the molecule is CN(C)S(=O)(=O)Nc1ccccc1Sc1nccn1C. The second kappa shape index (κ2) is 5.86. The Kier molecular flexibility index (Phi) is 4.36. The molecule has 2 rings (SSSR count). The van der Waals surface area contributed by atoms with Crippen LogP contribution in [0.5, 0.6) is 0 Å². The van der Waals surface area contributed by atoms with Crippen molar-refractivity contribution < 1.29 is 8.42 Å². The average Bonchev–Trinajstić information content (AvgIpc) is 2.77. The molecule has 0 aliphatic carbocycles. The molecular formula is C12H16N4O2S2. The molecule has 0 aliphatic heterocycles. The number of hydrogen-bond acceptors (Lipinski definition) is 4. The van der Waals surface area contributed by atoms with E-state index in [9.17, 15) is 8.42 Å². The van der Waals surface area contributed by atoms with Crippen molar-refractivity contribution in [1.29, 1.82) is 0 Å². The maximum Gasteiger partial charge on any atom is 0.301 e. The molecule has 2 aromatic rings. The summed E-state index contributed by atoms with van der Waals surface area (Å²) >= 11 is 1.41. The van der Waals surface area contributed by atoms with E-state index in [0.717, 1.165) is 14.4 Å². The Balaban J connectivity index is 2.30. The lowest BCUT2D eigenvalue weighted by Gasteiger charge is -2.15. The Morgan fingerprint density at radius 1 is 1.30 bits per heavy atom. The van der Waals surface area contributed by atoms with Crippen LogP contribution in [0.3, 0.4) is 0 Å². The first kappa shape index (κ1) is 14.9. The molecule has 0 unspecified atom stereocenters. The summed E-state index contributed by atoms with van der Waals surface area (Å²) in [6.07, 6.45) is 3.55. The molecule has 0 aliphatic rings. The van der Waals surface area contributed by atoms with Gasteiger partial charge in [0, 0.05) is 38.4 Å². The van der Waals surface area contributed by atoms with Gasteiger partial charge in [0.05, 0.1) is 5.69 Å². The zero-order valence-corrected chi connectivity index (χ0v) is 13.1. The molecule has 108 valence electrons. The summed E-state index contributed by atoms with van der Waals surface area (Å²) in [5.74, 6) is 0. The molecule has 6 nitrogen and oxygen atoms in total. The van der Waals surface area contributed by atoms with Crippen LogP contribution in [0.1, 0.15) is 0 Å². The second-order valence-corrected chi connectivity index (χ2v) is 7.20. The van der Waals surface area contributed by atoms with Crippen molar-refractivity contribution in [1.82, 2.24) is 13.9 Å². The van der Waals surface area contributed by atoms with Gasteiger partial charge in [-0.05, 0) is 23.9 Å². The average molecular weight is 312 g/mol. The fourth-order valence-electron chi connectivity index (χ4n) is 1.42. The van der Waals surface area contributed by atoms with Gasteiger partial charge in [0.25, 0.3) is 0 Å². The number of aromatic nitrogens is 2. The largest absolute Gasteiger partial charge is 0.329 e. The third-order valence-corrected chi connectivity index (χ3v) is 5.18. The van der Waals surface area contributed by atoms with Crippen molar-refractivity contribution in [2.24, 2.45) is 7.05 Å². The highest BCUT2D eigenvalue weighted by Crippen LogP contribution is 2.32. The lowest BCUT2D eigenvalue weighted by Crippen LogP contribution is -2.29. The predicted octanol–water partition coefficient (Wildman–Crippen LogP) is 1.79. The summed E-state index contributed by atoms with van der Waals surface area (Å²) < 4.78 is 29.4. The first-order chi connectivity index (χ1) is 9.40. The molecule has 1 aromatic heterocycles. The molecule has 1 N–H and O–H groups in total. The quantitative estimate of drug-likeness (QED) is 0.914. The topological polar surface area (TPSA) is 67.2 Å². The van der Waals surface area contributed by atoms with Gasteiger partial charge in [-0.15, -0.1) is 0 Å². The van der Waals surface area contributed by atoms with Gasteiger partial charge in [-0.3, -0.25) is 4.72 Å². The van der Waals surface area contributed by atoms with Crippen LogP contribution in [0.2, 0.25) is 0 Å². The van der Waals surface area contributed by atoms with Crippen molar-refractivity contribution >= 4 is 27.7 Å². The number of rotatable bonds is 5. The molecule has 0 fully saturated rings. The van der Waals surface area contributed by atoms with Crippen LogP contribution in [0, 0.1) is 0 Å². The first-order valence-electron chi connectivity index (χ1n) is 5.84. The predicted molar refractivity (Wildman–Crippen MR) is 80.0 cm³/mol. The molecule has 0 spiro atoms. The maximum atomic E-state index is 11.9. The number of para-hydroxylation sites is 1. The highest BCUT2D eigenvalue weighted by molar-refractivity contribution is 7.99. The lowest BCUT2D eigenvalue weighted by molar-refractivity contribution is 0.526. The van der Waals surface area contributed by atoms with E-state index in [1.807, 2.05) is 29.9 Å². The number of hydrogen-bond donors (Lipinski definition) is 1. The summed E-state index contributed by atoms with van der Waals surface area (Å²) in [5.41, 5.74) is 0.536. The highest BCUT2D eigenvalue weighted by Gasteiger charge is 2.16. The van der Waals surface area contributed by atoms with Crippen LogP contribution >= 0.6 is 11.8 Å². The lowest BCUT2D eigenvalue weighted by atomic mass is 10.3. The fourth-order valence-corrected chi connectivity index (χ4v) is 3.01. The third-order valence-electron chi connectivity index (χ3n) is 2.58. The molecule has 20 heavy (non-hydrogen) atoms. The van der Waals surface area contributed by atoms with E-state index in [1.54, 1.807) is 18.3 Å². The summed E-state index contributed by atoms with van der Waals surface area (Å²) in [7, 11) is 1.34. The van der Waals surface area contributed by atoms with E-state index in [-0.39, 0.29) is 0 Å². The Morgan fingerprint density at radius 3 is 2.60 bits per heavy atom. The summed E-state index contributed by atoms with van der Waals surface area (Å²) in [4.78, 5) is 5.02. The Morgan fingerprint density at radius 2 is 2.00 bits per heavy atom. The van der Waals surface area contributed by atoms with Crippen molar-refractivity contribution in [2.75, 3.05) is 18.8 Å². The number of benzene rings is 1. The maximum absolute atomic E-state index is 11.9. The molecule has 0 radical (unpaired) electrons. The molecular weight excluding hydrogens is 296 g/mol. The van der Waals surface area contributed by atoms with Gasteiger partial charge in [-0.1, -0.05) is 12.1 Å². The monoisotopic (exact) mass is 312 g/mol. The van der Waals surface area contributed by atoms with Gasteiger partial charge >= 0.3 is 10.2 Å². The minimum atomic E-state index is -3.52. The van der Waals surface area contributed by atoms with Crippen molar-refractivity contribution in [2.45, 2.75) is 10.1 Å². The van der Waals surface area contributed by atoms with Crippen LogP contribution < -0.4 is 4.72 Å². The minimum Gasteiger partial charge on any atom is -0.329 e. The molecule has 0 saturated heterocycles. The molecule has 0 saturated carbocycles. The normalized spacial score (nSPS) is 11.8. The number of imidazole rings is 1. The Bertz CT molecular complexity index is 695. The number of nitrogens with one attached hydrogen (secondary N) is 1. The fraction of sp³-hybridized carbons (Fsp3) is 0.250. The molecule has 0 bridgehead atoms. The van der Waals surface area contributed by atoms with Crippen molar-refractivity contribution in [3.8, 4) is 0 Å². The summed E-state index contributed by atoms with van der Waals surface area (Å²) in [5, 5.41) is 0.793. The van der Waals surface area contributed by atoms with Gasteiger partial charge in [-0.25, -0.2) is 4.98 Å². The van der Waals surface area contributed by atoms with E-state index >= 15 is 0 Å². The van der Waals surface area contributed by atoms with Crippen LogP contribution in [0.25, 0.3) is 0 Å². The minimum absolute atomic E-state index is 0.536. The molecule has 1 heterocycles. The number of anilines is 1. The standard InChI is InChI=1S/C12H16N4O2S2/c1-15(2)20(17,18)14-10-6-4-5-7-11(10)19-12-13-8-9-16(12)3/h4-9,14H,1-3H3. The van der Waals surface area contributed by atoms with Gasteiger partial charge < -0.3 is 4.57 Å². The van der Waals surface area contributed by atoms with E-state index in [2.05, 4.69) is 9.71 Å². The highest BCUT2D eigenvalue weighted by atomic mass is 32.2. The van der Waals surface area contributed by atoms with Gasteiger partial charge in [0.1, 0.15) is 0 Å². The molecule has 0 amide bonds. The number of nitrogens with zero attached hydrogens (tertiary/aromatic N) is 3. The molecule has 0 atom stereocenters. The van der Waals surface area contributed by atoms with Crippen molar-refractivity contribution in [3.63, 3.8) is 0 Å². The van der Waals surface area contributed by atoms with Gasteiger partial charge in [0.2, 0.25) is 0 Å². The smallest absolute Gasteiger partial charge is 0.301 e. The third kappa shape index (κ3) is 3.33. The van der Waals surface area contributed by atoms with Crippen molar-refractivity contribution in [3.05, 3.63) is 36.7 Å². The van der Waals surface area contributed by atoms with E-state index in [4.69, 9.17) is 0 Å². The zero-order chi connectivity index (χ0) is 14.8. The van der Waals surface area contributed by atoms with Gasteiger partial charge in [0.15, 0.2) is 5.16 Å². The molecule has 1 aromatic carbocycles. The second-order valence-electron chi connectivity index (χ2n) is 4.31. The van der Waals surface area contributed by atoms with Crippen LogP contribution in [-0.4, -0.2) is 36.4 Å². The number of aryl methyl sites for hydroxylation is 1. The zero-order valence-electron chi connectivity index (χ0n) is 11.4. The van der Waals surface area contributed by atoms with E-state index in [1.165, 1.54) is 25.9 Å². The summed E-state index contributed by atoms with van der Waals surface area (Å²) in [6.45, 7) is 0. The van der Waals surface area contributed by atoms with Crippen LogP contribution in [0.4, 0.5) is 5.69 Å². The van der Waals surface area contributed by atoms with Gasteiger partial charge in [-0.2, -0.15) is 12.7 Å². The van der Waals surface area contributed by atoms with E-state index < -0.39 is 10.2 Å². The van der Waals surface area contributed by atoms with Crippen LogP contribution in [0.15, 0.2) is 46.7 Å². The first-order valence-corrected chi connectivity index (χ1v) is 8.10. The summed E-state index contributed by atoms with van der Waals surface area (Å²) in [6, 6.07) is 7.23. The Hall–Kier alpha value is -1.51. The van der Waals surface area contributed by atoms with Crippen LogP contribution in [-0.2, 0) is 17.3 Å².